The summed E-state index contributed by atoms with van der Waals surface area (Å²) < 4.78 is 21.4. The number of hydrogen-bond donors (Lipinski definition) is 1. The van der Waals surface area contributed by atoms with Crippen LogP contribution >= 0.6 is 12.6 Å². The summed E-state index contributed by atoms with van der Waals surface area (Å²) in [5.41, 5.74) is 0. The van der Waals surface area contributed by atoms with Gasteiger partial charge in [0.05, 0.1) is 5.75 Å². The van der Waals surface area contributed by atoms with Gasteiger partial charge in [-0.05, 0) is 12.8 Å². The van der Waals surface area contributed by atoms with Crippen molar-refractivity contribution in [1.82, 2.24) is 0 Å². The fourth-order valence-corrected chi connectivity index (χ4v) is 2.84. The van der Waals surface area contributed by atoms with Crippen molar-refractivity contribution in [3.8, 4) is 0 Å². The van der Waals surface area contributed by atoms with Crippen LogP contribution < -0.4 is 0 Å². The molecule has 1 unspecified atom stereocenters. The molecule has 1 fully saturated rings. The van der Waals surface area contributed by atoms with E-state index in [0.717, 1.165) is 19.3 Å². The first-order valence-electron chi connectivity index (χ1n) is 3.02. The van der Waals surface area contributed by atoms with Gasteiger partial charge in [0, 0.05) is 0 Å². The van der Waals surface area contributed by atoms with E-state index in [2.05, 4.69) is 12.6 Å². The molecule has 1 saturated heterocycles. The highest BCUT2D eigenvalue weighted by molar-refractivity contribution is 8.04. The third-order valence-electron chi connectivity index (χ3n) is 1.54. The van der Waals surface area contributed by atoms with Gasteiger partial charge in [0.1, 0.15) is 4.58 Å². The van der Waals surface area contributed by atoms with E-state index in [1.807, 2.05) is 0 Å². The zero-order chi connectivity index (χ0) is 6.91. The summed E-state index contributed by atoms with van der Waals surface area (Å²) in [5, 5.41) is 0. The highest BCUT2D eigenvalue weighted by atomic mass is 32.2. The van der Waals surface area contributed by atoms with E-state index in [0.29, 0.717) is 5.75 Å². The topological polar surface area (TPSA) is 34.1 Å². The molecular formula is C5H10O2S2. The van der Waals surface area contributed by atoms with Crippen LogP contribution in [0.25, 0.3) is 0 Å². The minimum Gasteiger partial charge on any atom is -0.228 e. The van der Waals surface area contributed by atoms with Crippen molar-refractivity contribution >= 4 is 22.5 Å². The Morgan fingerprint density at radius 1 is 1.33 bits per heavy atom. The van der Waals surface area contributed by atoms with Gasteiger partial charge in [-0.1, -0.05) is 6.42 Å². The van der Waals surface area contributed by atoms with Crippen molar-refractivity contribution in [2.75, 3.05) is 5.75 Å². The molecule has 1 heterocycles. The Kier molecular flexibility index (Phi) is 2.06. The monoisotopic (exact) mass is 166 g/mol. The van der Waals surface area contributed by atoms with E-state index in [9.17, 15) is 8.42 Å². The molecule has 0 spiro atoms. The molecule has 1 atom stereocenters. The Bertz CT molecular complexity index is 183. The zero-order valence-corrected chi connectivity index (χ0v) is 6.79. The van der Waals surface area contributed by atoms with Gasteiger partial charge in [-0.25, -0.2) is 8.42 Å². The molecule has 54 valence electrons. The summed E-state index contributed by atoms with van der Waals surface area (Å²) >= 11 is 3.95. The second-order valence-corrected chi connectivity index (χ2v) is 5.59. The lowest BCUT2D eigenvalue weighted by Gasteiger charge is -2.16. The van der Waals surface area contributed by atoms with Gasteiger partial charge < -0.3 is 0 Å². The molecule has 0 radical (unpaired) electrons. The van der Waals surface area contributed by atoms with Crippen molar-refractivity contribution in [3.05, 3.63) is 0 Å². The summed E-state index contributed by atoms with van der Waals surface area (Å²) in [6, 6.07) is 0. The summed E-state index contributed by atoms with van der Waals surface area (Å²) in [4.78, 5) is 0. The summed E-state index contributed by atoms with van der Waals surface area (Å²) in [7, 11) is -2.80. The first-order valence-corrected chi connectivity index (χ1v) is 5.26. The number of sulfone groups is 1. The Hall–Kier alpha value is 0.300. The lowest BCUT2D eigenvalue weighted by atomic mass is 10.3. The Balaban J connectivity index is 2.72. The van der Waals surface area contributed by atoms with Gasteiger partial charge in [-0.3, -0.25) is 0 Å². The lowest BCUT2D eigenvalue weighted by Crippen LogP contribution is -2.23. The van der Waals surface area contributed by atoms with Crippen LogP contribution in [0, 0.1) is 0 Å². The fraction of sp³-hybridized carbons (Fsp3) is 1.00. The molecule has 4 heteroatoms. The van der Waals surface area contributed by atoms with Crippen molar-refractivity contribution < 1.29 is 8.42 Å². The minimum atomic E-state index is -2.80. The number of hydrogen-bond acceptors (Lipinski definition) is 3. The molecule has 0 aromatic rings. The second kappa shape index (κ2) is 2.50. The average molecular weight is 166 g/mol. The van der Waals surface area contributed by atoms with Crippen LogP contribution in [0.2, 0.25) is 0 Å². The Morgan fingerprint density at radius 2 is 2.00 bits per heavy atom. The maximum atomic E-state index is 10.9. The molecule has 2 nitrogen and oxygen atoms in total. The SMILES string of the molecule is O=S1(=O)CCCCC1S. The molecule has 0 aliphatic carbocycles. The van der Waals surface area contributed by atoms with Gasteiger partial charge >= 0.3 is 0 Å². The Labute approximate surface area is 61.0 Å². The van der Waals surface area contributed by atoms with E-state index in [4.69, 9.17) is 0 Å². The van der Waals surface area contributed by atoms with E-state index < -0.39 is 9.84 Å². The van der Waals surface area contributed by atoms with Crippen molar-refractivity contribution in [2.24, 2.45) is 0 Å². The van der Waals surface area contributed by atoms with E-state index in [1.54, 1.807) is 0 Å². The van der Waals surface area contributed by atoms with Crippen LogP contribution in [0.3, 0.4) is 0 Å². The molecule has 0 N–H and O–H groups in total. The molecule has 1 aliphatic heterocycles. The van der Waals surface area contributed by atoms with E-state index >= 15 is 0 Å². The third kappa shape index (κ3) is 1.61. The quantitative estimate of drug-likeness (QED) is 0.541. The first-order chi connectivity index (χ1) is 4.13. The molecule has 0 saturated carbocycles. The molecule has 0 aromatic heterocycles. The van der Waals surface area contributed by atoms with Gasteiger partial charge in [0.25, 0.3) is 0 Å². The predicted molar refractivity (Wildman–Crippen MR) is 40.4 cm³/mol. The highest BCUT2D eigenvalue weighted by Crippen LogP contribution is 2.21. The summed E-state index contributed by atoms with van der Waals surface area (Å²) in [5.74, 6) is 0.334. The van der Waals surface area contributed by atoms with Crippen LogP contribution in [0.1, 0.15) is 19.3 Å². The summed E-state index contributed by atoms with van der Waals surface area (Å²) in [6.07, 6.45) is 2.55. The minimum absolute atomic E-state index is 0.334. The van der Waals surface area contributed by atoms with Crippen LogP contribution in [0.4, 0.5) is 0 Å². The Morgan fingerprint density at radius 3 is 2.33 bits per heavy atom. The van der Waals surface area contributed by atoms with Crippen LogP contribution in [-0.4, -0.2) is 18.8 Å². The standard InChI is InChI=1S/C5H10O2S2/c6-9(7)4-2-1-3-5(9)8/h5,8H,1-4H2. The van der Waals surface area contributed by atoms with Gasteiger partial charge in [-0.15, -0.1) is 0 Å². The molecule has 1 rings (SSSR count). The molecule has 0 amide bonds. The van der Waals surface area contributed by atoms with Crippen molar-refractivity contribution in [3.63, 3.8) is 0 Å². The van der Waals surface area contributed by atoms with E-state index in [1.165, 1.54) is 0 Å². The maximum Gasteiger partial charge on any atom is 0.162 e. The third-order valence-corrected chi connectivity index (χ3v) is 4.69. The normalized spacial score (nSPS) is 34.1. The second-order valence-electron chi connectivity index (χ2n) is 2.32. The molecular weight excluding hydrogens is 156 g/mol. The van der Waals surface area contributed by atoms with Crippen molar-refractivity contribution in [2.45, 2.75) is 23.8 Å². The lowest BCUT2D eigenvalue weighted by molar-refractivity contribution is 0.569. The van der Waals surface area contributed by atoms with Crippen LogP contribution in [-0.2, 0) is 9.84 Å². The largest absolute Gasteiger partial charge is 0.228 e. The smallest absolute Gasteiger partial charge is 0.162 e. The van der Waals surface area contributed by atoms with Crippen LogP contribution in [0.15, 0.2) is 0 Å². The van der Waals surface area contributed by atoms with Gasteiger partial charge in [0.2, 0.25) is 0 Å². The highest BCUT2D eigenvalue weighted by Gasteiger charge is 2.24. The van der Waals surface area contributed by atoms with Crippen molar-refractivity contribution in [1.29, 1.82) is 0 Å². The number of rotatable bonds is 0. The van der Waals surface area contributed by atoms with E-state index in [-0.39, 0.29) is 4.58 Å². The maximum absolute atomic E-state index is 10.9. The zero-order valence-electron chi connectivity index (χ0n) is 5.08. The van der Waals surface area contributed by atoms with Gasteiger partial charge in [-0.2, -0.15) is 12.6 Å². The van der Waals surface area contributed by atoms with Crippen LogP contribution in [0.5, 0.6) is 0 Å². The average Bonchev–Trinajstić information content (AvgIpc) is 1.77. The molecule has 1 aliphatic rings. The summed E-state index contributed by atoms with van der Waals surface area (Å²) in [6.45, 7) is 0. The number of thiol groups is 1. The van der Waals surface area contributed by atoms with Gasteiger partial charge in [0.15, 0.2) is 9.84 Å². The first kappa shape index (κ1) is 7.41. The molecule has 0 aromatic carbocycles. The molecule has 9 heavy (non-hydrogen) atoms. The predicted octanol–water partition coefficient (Wildman–Crippen LogP) is 0.841. The molecule has 0 bridgehead atoms. The fourth-order valence-electron chi connectivity index (χ4n) is 0.938.